The van der Waals surface area contributed by atoms with Gasteiger partial charge in [-0.2, -0.15) is 0 Å². The molecule has 0 aliphatic carbocycles. The number of carbonyl (C=O) groups excluding carboxylic acids is 2. The van der Waals surface area contributed by atoms with Crippen LogP contribution in [0.4, 0.5) is 4.79 Å². The summed E-state index contributed by atoms with van der Waals surface area (Å²) in [5.41, 5.74) is 0. The Labute approximate surface area is 120 Å². The van der Waals surface area contributed by atoms with Gasteiger partial charge in [0.1, 0.15) is 0 Å². The normalized spacial score (nSPS) is 25.8. The van der Waals surface area contributed by atoms with E-state index in [1.807, 2.05) is 0 Å². The average molecular weight is 282 g/mol. The Hall–Kier alpha value is -1.14. The van der Waals surface area contributed by atoms with Gasteiger partial charge in [0.15, 0.2) is 0 Å². The third kappa shape index (κ3) is 4.45. The third-order valence-corrected chi connectivity index (χ3v) is 4.09. The van der Waals surface area contributed by atoms with Gasteiger partial charge in [-0.3, -0.25) is 15.0 Å². The van der Waals surface area contributed by atoms with Gasteiger partial charge in [0.25, 0.3) is 0 Å². The molecule has 3 amide bonds. The van der Waals surface area contributed by atoms with Crippen LogP contribution in [0.25, 0.3) is 0 Å². The lowest BCUT2D eigenvalue weighted by molar-refractivity contribution is -0.121. The summed E-state index contributed by atoms with van der Waals surface area (Å²) in [7, 11) is 0. The summed E-state index contributed by atoms with van der Waals surface area (Å²) in [6.07, 6.45) is 0.921. The average Bonchev–Trinajstić information content (AvgIpc) is 2.88. The van der Waals surface area contributed by atoms with Gasteiger partial charge in [0, 0.05) is 19.6 Å². The van der Waals surface area contributed by atoms with Gasteiger partial charge >= 0.3 is 6.03 Å². The highest BCUT2D eigenvalue weighted by Gasteiger charge is 2.36. The summed E-state index contributed by atoms with van der Waals surface area (Å²) in [5.74, 6) is 1.67. The highest BCUT2D eigenvalue weighted by Crippen LogP contribution is 2.25. The molecule has 114 valence electrons. The van der Waals surface area contributed by atoms with E-state index in [-0.39, 0.29) is 11.9 Å². The summed E-state index contributed by atoms with van der Waals surface area (Å²) in [5, 5.41) is 8.48. The molecular formula is C14H26N4O2. The van der Waals surface area contributed by atoms with E-state index in [9.17, 15) is 9.59 Å². The highest BCUT2D eigenvalue weighted by atomic mass is 16.2. The van der Waals surface area contributed by atoms with Crippen LogP contribution in [0, 0.1) is 17.8 Å². The fraction of sp³-hybridized carbons (Fsp3) is 0.857. The number of likely N-dealkylation sites (tertiary alicyclic amines) is 1. The van der Waals surface area contributed by atoms with Crippen molar-refractivity contribution < 1.29 is 9.59 Å². The zero-order valence-corrected chi connectivity index (χ0v) is 12.4. The van der Waals surface area contributed by atoms with Crippen molar-refractivity contribution in [2.75, 3.05) is 39.3 Å². The first-order valence-corrected chi connectivity index (χ1v) is 7.55. The Morgan fingerprint density at radius 1 is 1.25 bits per heavy atom. The first-order chi connectivity index (χ1) is 9.54. The molecule has 2 aliphatic heterocycles. The minimum Gasteiger partial charge on any atom is -0.338 e. The number of fused-ring (bicyclic) bond motifs is 1. The van der Waals surface area contributed by atoms with Gasteiger partial charge < -0.3 is 10.6 Å². The van der Waals surface area contributed by atoms with Crippen LogP contribution in [0.5, 0.6) is 0 Å². The maximum atomic E-state index is 11.8. The predicted molar refractivity (Wildman–Crippen MR) is 77.3 cm³/mol. The molecule has 0 aromatic rings. The van der Waals surface area contributed by atoms with E-state index < -0.39 is 0 Å². The molecule has 2 aliphatic rings. The van der Waals surface area contributed by atoms with Crippen molar-refractivity contribution in [1.29, 1.82) is 0 Å². The number of imide groups is 1. The molecule has 0 bridgehead atoms. The molecule has 2 heterocycles. The molecule has 0 saturated carbocycles. The molecule has 2 atom stereocenters. The Morgan fingerprint density at radius 3 is 2.50 bits per heavy atom. The maximum Gasteiger partial charge on any atom is 0.321 e. The second kappa shape index (κ2) is 7.04. The lowest BCUT2D eigenvalue weighted by Gasteiger charge is -2.16. The van der Waals surface area contributed by atoms with Crippen molar-refractivity contribution in [1.82, 2.24) is 20.9 Å². The molecular weight excluding hydrogens is 256 g/mol. The van der Waals surface area contributed by atoms with Gasteiger partial charge in [-0.1, -0.05) is 13.8 Å². The Balaban J connectivity index is 1.62. The topological polar surface area (TPSA) is 73.5 Å². The van der Waals surface area contributed by atoms with E-state index in [4.69, 9.17) is 0 Å². The molecule has 0 radical (unpaired) electrons. The highest BCUT2D eigenvalue weighted by molar-refractivity contribution is 5.95. The zero-order chi connectivity index (χ0) is 14.5. The van der Waals surface area contributed by atoms with Crippen molar-refractivity contribution in [3.63, 3.8) is 0 Å². The first kappa shape index (κ1) is 15.3. The number of carbonyl (C=O) groups is 2. The Bertz CT molecular complexity index is 347. The second-order valence-electron chi connectivity index (χ2n) is 6.36. The molecule has 0 unspecified atom stereocenters. The molecule has 6 heteroatoms. The van der Waals surface area contributed by atoms with Crippen molar-refractivity contribution in [3.05, 3.63) is 0 Å². The maximum absolute atomic E-state index is 11.8. The molecule has 3 N–H and O–H groups in total. The summed E-state index contributed by atoms with van der Waals surface area (Å²) in [4.78, 5) is 25.5. The predicted octanol–water partition coefficient (Wildman–Crippen LogP) is 0.00950. The van der Waals surface area contributed by atoms with Crippen molar-refractivity contribution >= 4 is 11.9 Å². The smallest absolute Gasteiger partial charge is 0.321 e. The molecule has 0 aromatic carbocycles. The van der Waals surface area contributed by atoms with Crippen molar-refractivity contribution in [2.24, 2.45) is 17.8 Å². The van der Waals surface area contributed by atoms with Crippen LogP contribution in [0.15, 0.2) is 0 Å². The zero-order valence-electron chi connectivity index (χ0n) is 12.4. The van der Waals surface area contributed by atoms with Gasteiger partial charge in [-0.25, -0.2) is 4.79 Å². The number of rotatable bonds is 5. The van der Waals surface area contributed by atoms with E-state index in [0.29, 0.717) is 30.8 Å². The van der Waals surface area contributed by atoms with Crippen molar-refractivity contribution in [3.8, 4) is 0 Å². The van der Waals surface area contributed by atoms with E-state index in [1.165, 1.54) is 0 Å². The Kier molecular flexibility index (Phi) is 5.37. The summed E-state index contributed by atoms with van der Waals surface area (Å²) < 4.78 is 0. The van der Waals surface area contributed by atoms with E-state index >= 15 is 0 Å². The lowest BCUT2D eigenvalue weighted by Crippen LogP contribution is -2.44. The summed E-state index contributed by atoms with van der Waals surface area (Å²) >= 11 is 0. The molecule has 2 saturated heterocycles. The summed E-state index contributed by atoms with van der Waals surface area (Å²) in [6, 6.07) is -0.378. The van der Waals surface area contributed by atoms with Crippen LogP contribution in [-0.4, -0.2) is 56.1 Å². The first-order valence-electron chi connectivity index (χ1n) is 7.55. The number of hydrogen-bond donors (Lipinski definition) is 3. The van der Waals surface area contributed by atoms with Gasteiger partial charge in [0.05, 0.1) is 6.54 Å². The lowest BCUT2D eigenvalue weighted by atomic mass is 10.0. The van der Waals surface area contributed by atoms with Gasteiger partial charge in [-0.15, -0.1) is 0 Å². The van der Waals surface area contributed by atoms with Crippen LogP contribution in [0.2, 0.25) is 0 Å². The van der Waals surface area contributed by atoms with E-state index in [0.717, 1.165) is 32.6 Å². The van der Waals surface area contributed by atoms with Crippen molar-refractivity contribution in [2.45, 2.75) is 20.3 Å². The number of nitrogens with one attached hydrogen (secondary N) is 3. The minimum atomic E-state index is -0.378. The van der Waals surface area contributed by atoms with E-state index in [2.05, 4.69) is 34.7 Å². The SMILES string of the molecule is CC(C)CCNC(=O)NC(=O)CN1C[C@H]2CNC[C@H]2C1. The van der Waals surface area contributed by atoms with Crippen LogP contribution in [-0.2, 0) is 4.79 Å². The summed E-state index contributed by atoms with van der Waals surface area (Å²) in [6.45, 7) is 9.16. The molecule has 0 spiro atoms. The number of amides is 3. The number of hydrogen-bond acceptors (Lipinski definition) is 4. The van der Waals surface area contributed by atoms with Gasteiger partial charge in [-0.05, 0) is 37.3 Å². The third-order valence-electron chi connectivity index (χ3n) is 4.09. The van der Waals surface area contributed by atoms with Crippen LogP contribution < -0.4 is 16.0 Å². The number of urea groups is 1. The monoisotopic (exact) mass is 282 g/mol. The minimum absolute atomic E-state index is 0.208. The standard InChI is InChI=1S/C14H26N4O2/c1-10(2)3-4-16-14(20)17-13(19)9-18-7-11-5-15-6-12(11)8-18/h10-12,15H,3-9H2,1-2H3,(H2,16,17,19,20)/t11-,12+. The fourth-order valence-electron chi connectivity index (χ4n) is 2.97. The molecule has 6 nitrogen and oxygen atoms in total. The second-order valence-corrected chi connectivity index (χ2v) is 6.36. The largest absolute Gasteiger partial charge is 0.338 e. The van der Waals surface area contributed by atoms with Gasteiger partial charge in [0.2, 0.25) is 5.91 Å². The molecule has 2 rings (SSSR count). The van der Waals surface area contributed by atoms with Crippen LogP contribution >= 0.6 is 0 Å². The quantitative estimate of drug-likeness (QED) is 0.664. The van der Waals surface area contributed by atoms with E-state index in [1.54, 1.807) is 0 Å². The number of nitrogens with zero attached hydrogens (tertiary/aromatic N) is 1. The fourth-order valence-corrected chi connectivity index (χ4v) is 2.97. The molecule has 20 heavy (non-hydrogen) atoms. The van der Waals surface area contributed by atoms with Crippen LogP contribution in [0.1, 0.15) is 20.3 Å². The molecule has 2 fully saturated rings. The molecule has 0 aromatic heterocycles. The Morgan fingerprint density at radius 2 is 1.90 bits per heavy atom. The van der Waals surface area contributed by atoms with Crippen LogP contribution in [0.3, 0.4) is 0 Å².